The number of rotatable bonds is 3. The van der Waals surface area contributed by atoms with E-state index in [0.717, 1.165) is 5.56 Å². The molecule has 1 rings (SSSR count). The first-order valence-electron chi connectivity index (χ1n) is 4.65. The summed E-state index contributed by atoms with van der Waals surface area (Å²) in [4.78, 5) is 2.17. The van der Waals surface area contributed by atoms with Crippen LogP contribution in [0.1, 0.15) is 24.1 Å². The van der Waals surface area contributed by atoms with Gasteiger partial charge in [-0.15, -0.1) is 0 Å². The second-order valence-corrected chi connectivity index (χ2v) is 3.58. The summed E-state index contributed by atoms with van der Waals surface area (Å²) < 4.78 is 0. The van der Waals surface area contributed by atoms with Gasteiger partial charge in [-0.3, -0.25) is 0 Å². The SMILES string of the molecule is CC(c1ccc(C=NN)cc1)N(C)C. The molecule has 2 N–H and O–H groups in total. The molecule has 0 aliphatic rings. The molecule has 0 bridgehead atoms. The average molecular weight is 191 g/mol. The molecule has 0 radical (unpaired) electrons. The number of benzene rings is 1. The van der Waals surface area contributed by atoms with Crippen molar-refractivity contribution < 1.29 is 0 Å². The van der Waals surface area contributed by atoms with Crippen molar-refractivity contribution in [2.24, 2.45) is 10.9 Å². The van der Waals surface area contributed by atoms with E-state index in [0.29, 0.717) is 6.04 Å². The molecule has 0 saturated heterocycles. The Morgan fingerprint density at radius 2 is 1.86 bits per heavy atom. The highest BCUT2D eigenvalue weighted by Crippen LogP contribution is 2.16. The number of nitrogens with two attached hydrogens (primary N) is 1. The quantitative estimate of drug-likeness (QED) is 0.448. The Hall–Kier alpha value is -1.35. The first kappa shape index (κ1) is 10.7. The summed E-state index contributed by atoms with van der Waals surface area (Å²) in [7, 11) is 4.14. The normalized spacial score (nSPS) is 13.7. The molecular weight excluding hydrogens is 174 g/mol. The van der Waals surface area contributed by atoms with Gasteiger partial charge in [0.1, 0.15) is 0 Å². The Morgan fingerprint density at radius 1 is 1.29 bits per heavy atom. The van der Waals surface area contributed by atoms with Crippen molar-refractivity contribution in [2.75, 3.05) is 14.1 Å². The summed E-state index contributed by atoms with van der Waals surface area (Å²) in [6.07, 6.45) is 1.64. The molecule has 1 aromatic carbocycles. The van der Waals surface area contributed by atoms with Gasteiger partial charge in [-0.1, -0.05) is 24.3 Å². The van der Waals surface area contributed by atoms with Crippen molar-refractivity contribution in [3.8, 4) is 0 Å². The van der Waals surface area contributed by atoms with Gasteiger partial charge in [-0.2, -0.15) is 5.10 Å². The Kier molecular flexibility index (Phi) is 3.65. The van der Waals surface area contributed by atoms with E-state index in [1.54, 1.807) is 6.21 Å². The fraction of sp³-hybridized carbons (Fsp3) is 0.364. The smallest absolute Gasteiger partial charge is 0.0538 e. The Morgan fingerprint density at radius 3 is 2.29 bits per heavy atom. The van der Waals surface area contributed by atoms with Crippen molar-refractivity contribution in [1.29, 1.82) is 0 Å². The summed E-state index contributed by atoms with van der Waals surface area (Å²) in [6.45, 7) is 2.17. The van der Waals surface area contributed by atoms with E-state index < -0.39 is 0 Å². The van der Waals surface area contributed by atoms with Gasteiger partial charge in [-0.25, -0.2) is 0 Å². The molecule has 0 saturated carbocycles. The van der Waals surface area contributed by atoms with E-state index in [2.05, 4.69) is 43.2 Å². The Bertz CT molecular complexity index is 301. The Labute approximate surface area is 85.2 Å². The molecule has 14 heavy (non-hydrogen) atoms. The highest BCUT2D eigenvalue weighted by Gasteiger charge is 2.06. The minimum Gasteiger partial charge on any atom is -0.323 e. The van der Waals surface area contributed by atoms with Crippen LogP contribution in [-0.4, -0.2) is 25.2 Å². The number of nitrogens with zero attached hydrogens (tertiary/aromatic N) is 2. The van der Waals surface area contributed by atoms with Gasteiger partial charge >= 0.3 is 0 Å². The third-order valence-electron chi connectivity index (χ3n) is 2.42. The minimum atomic E-state index is 0.430. The van der Waals surface area contributed by atoms with Gasteiger partial charge in [0.25, 0.3) is 0 Å². The topological polar surface area (TPSA) is 41.6 Å². The first-order chi connectivity index (χ1) is 6.65. The molecule has 0 spiro atoms. The lowest BCUT2D eigenvalue weighted by Gasteiger charge is -2.19. The van der Waals surface area contributed by atoms with Crippen molar-refractivity contribution in [3.63, 3.8) is 0 Å². The van der Waals surface area contributed by atoms with Crippen LogP contribution in [0.25, 0.3) is 0 Å². The first-order valence-corrected chi connectivity index (χ1v) is 4.65. The molecule has 0 fully saturated rings. The van der Waals surface area contributed by atoms with Gasteiger partial charge in [0.15, 0.2) is 0 Å². The van der Waals surface area contributed by atoms with Crippen LogP contribution in [0.3, 0.4) is 0 Å². The maximum atomic E-state index is 5.07. The molecule has 3 nitrogen and oxygen atoms in total. The number of hydrogen-bond acceptors (Lipinski definition) is 3. The molecule has 1 unspecified atom stereocenters. The maximum Gasteiger partial charge on any atom is 0.0538 e. The third-order valence-corrected chi connectivity index (χ3v) is 2.42. The molecule has 0 aliphatic heterocycles. The summed E-state index contributed by atoms with van der Waals surface area (Å²) >= 11 is 0. The van der Waals surface area contributed by atoms with Gasteiger partial charge in [0.05, 0.1) is 6.21 Å². The van der Waals surface area contributed by atoms with Crippen LogP contribution in [0.4, 0.5) is 0 Å². The van der Waals surface area contributed by atoms with Crippen LogP contribution in [0.2, 0.25) is 0 Å². The standard InChI is InChI=1S/C11H17N3/c1-9(14(2)3)11-6-4-10(5-7-11)8-13-12/h4-9H,12H2,1-3H3. The largest absolute Gasteiger partial charge is 0.323 e. The summed E-state index contributed by atoms with van der Waals surface area (Å²) in [5, 5.41) is 3.48. The highest BCUT2D eigenvalue weighted by atomic mass is 15.1. The fourth-order valence-corrected chi connectivity index (χ4v) is 1.24. The zero-order valence-corrected chi connectivity index (χ0v) is 8.94. The van der Waals surface area contributed by atoms with Crippen molar-refractivity contribution in [3.05, 3.63) is 35.4 Å². The summed E-state index contributed by atoms with van der Waals surface area (Å²) in [5.41, 5.74) is 2.33. The predicted molar refractivity (Wildman–Crippen MR) is 60.3 cm³/mol. The molecule has 1 aromatic rings. The van der Waals surface area contributed by atoms with Gasteiger partial charge in [0.2, 0.25) is 0 Å². The molecule has 3 heteroatoms. The zero-order chi connectivity index (χ0) is 10.6. The van der Waals surface area contributed by atoms with Crippen molar-refractivity contribution in [2.45, 2.75) is 13.0 Å². The summed E-state index contributed by atoms with van der Waals surface area (Å²) in [5.74, 6) is 5.07. The number of hydrogen-bond donors (Lipinski definition) is 1. The van der Waals surface area contributed by atoms with E-state index in [9.17, 15) is 0 Å². The third kappa shape index (κ3) is 2.57. The van der Waals surface area contributed by atoms with E-state index in [1.807, 2.05) is 12.1 Å². The molecule has 1 atom stereocenters. The predicted octanol–water partition coefficient (Wildman–Crippen LogP) is 1.60. The van der Waals surface area contributed by atoms with E-state index in [1.165, 1.54) is 5.56 Å². The molecule has 0 amide bonds. The van der Waals surface area contributed by atoms with Crippen molar-refractivity contribution in [1.82, 2.24) is 4.90 Å². The lowest BCUT2D eigenvalue weighted by molar-refractivity contribution is 0.321. The fourth-order valence-electron chi connectivity index (χ4n) is 1.24. The van der Waals surface area contributed by atoms with Crippen LogP contribution in [0.15, 0.2) is 29.4 Å². The second-order valence-electron chi connectivity index (χ2n) is 3.58. The van der Waals surface area contributed by atoms with Crippen LogP contribution in [0.5, 0.6) is 0 Å². The number of hydrazone groups is 1. The molecule has 76 valence electrons. The van der Waals surface area contributed by atoms with Crippen LogP contribution in [-0.2, 0) is 0 Å². The highest BCUT2D eigenvalue weighted by molar-refractivity contribution is 5.79. The second kappa shape index (κ2) is 4.77. The molecule has 0 heterocycles. The zero-order valence-electron chi connectivity index (χ0n) is 8.94. The molecule has 0 aliphatic carbocycles. The van der Waals surface area contributed by atoms with Crippen molar-refractivity contribution >= 4 is 6.21 Å². The van der Waals surface area contributed by atoms with Crippen LogP contribution < -0.4 is 5.84 Å². The van der Waals surface area contributed by atoms with E-state index in [-0.39, 0.29) is 0 Å². The molecule has 0 aromatic heterocycles. The van der Waals surface area contributed by atoms with E-state index in [4.69, 9.17) is 5.84 Å². The maximum absolute atomic E-state index is 5.07. The lowest BCUT2D eigenvalue weighted by Crippen LogP contribution is -2.16. The van der Waals surface area contributed by atoms with Gasteiger partial charge in [0, 0.05) is 6.04 Å². The minimum absolute atomic E-state index is 0.430. The summed E-state index contributed by atoms with van der Waals surface area (Å²) in [6, 6.07) is 8.67. The molecular formula is C11H17N3. The van der Waals surface area contributed by atoms with E-state index >= 15 is 0 Å². The van der Waals surface area contributed by atoms with Crippen LogP contribution >= 0.6 is 0 Å². The van der Waals surface area contributed by atoms with Gasteiger partial charge in [-0.05, 0) is 32.1 Å². The Balaban J connectivity index is 2.82. The van der Waals surface area contributed by atoms with Crippen LogP contribution in [0, 0.1) is 0 Å². The van der Waals surface area contributed by atoms with Gasteiger partial charge < -0.3 is 10.7 Å². The lowest BCUT2D eigenvalue weighted by atomic mass is 10.1. The average Bonchev–Trinajstić information content (AvgIpc) is 2.18. The monoisotopic (exact) mass is 191 g/mol.